The van der Waals surface area contributed by atoms with E-state index in [0.717, 1.165) is 5.56 Å². The van der Waals surface area contributed by atoms with E-state index in [4.69, 9.17) is 5.73 Å². The molecule has 0 radical (unpaired) electrons. The van der Waals surface area contributed by atoms with E-state index in [-0.39, 0.29) is 43.0 Å². The number of rotatable bonds is 8. The zero-order valence-electron chi connectivity index (χ0n) is 14.4. The standard InChI is InChI=1S/C17H17F4N3O2.2ClH/c18-16(19)17(20,21)10-26-15-7-6-12(9-23-15)24-14(25)8-13(22)11-4-2-1-3-5-11;;/h1-7,9,13,16H,8,10,22H2,(H,24,25);2*1H. The molecule has 11 heteroatoms. The van der Waals surface area contributed by atoms with Crippen molar-refractivity contribution >= 4 is 36.4 Å². The molecular formula is C17H19Cl2F4N3O2. The van der Waals surface area contributed by atoms with Crippen molar-refractivity contribution in [1.82, 2.24) is 4.98 Å². The van der Waals surface area contributed by atoms with Gasteiger partial charge in [0.2, 0.25) is 11.8 Å². The van der Waals surface area contributed by atoms with Gasteiger partial charge in [-0.15, -0.1) is 24.8 Å². The van der Waals surface area contributed by atoms with E-state index in [9.17, 15) is 22.4 Å². The van der Waals surface area contributed by atoms with Gasteiger partial charge in [-0.2, -0.15) is 8.78 Å². The van der Waals surface area contributed by atoms with Crippen LogP contribution in [0.15, 0.2) is 48.7 Å². The number of ether oxygens (including phenoxy) is 1. The number of nitrogens with zero attached hydrogens (tertiary/aromatic N) is 1. The minimum atomic E-state index is -4.26. The monoisotopic (exact) mass is 443 g/mol. The van der Waals surface area contributed by atoms with Gasteiger partial charge in [-0.1, -0.05) is 30.3 Å². The minimum Gasteiger partial charge on any atom is -0.471 e. The molecule has 2 aromatic rings. The van der Waals surface area contributed by atoms with Crippen molar-refractivity contribution in [1.29, 1.82) is 0 Å². The first-order valence-corrected chi connectivity index (χ1v) is 7.63. The summed E-state index contributed by atoms with van der Waals surface area (Å²) in [7, 11) is 0. The fraction of sp³-hybridized carbons (Fsp3) is 0.294. The molecule has 3 N–H and O–H groups in total. The average Bonchev–Trinajstić information content (AvgIpc) is 2.61. The summed E-state index contributed by atoms with van der Waals surface area (Å²) in [5, 5.41) is 2.56. The van der Waals surface area contributed by atoms with Crippen LogP contribution >= 0.6 is 24.8 Å². The van der Waals surface area contributed by atoms with E-state index in [0.29, 0.717) is 5.69 Å². The number of benzene rings is 1. The molecule has 156 valence electrons. The molecule has 0 saturated carbocycles. The number of carbonyl (C=O) groups excluding carboxylic acids is 1. The van der Waals surface area contributed by atoms with Crippen molar-refractivity contribution in [3.05, 3.63) is 54.2 Å². The molecule has 1 unspecified atom stereocenters. The third-order valence-corrected chi connectivity index (χ3v) is 3.38. The Balaban J connectivity index is 0.00000364. The third-order valence-electron chi connectivity index (χ3n) is 3.38. The van der Waals surface area contributed by atoms with E-state index in [2.05, 4.69) is 15.0 Å². The zero-order chi connectivity index (χ0) is 19.2. The smallest absolute Gasteiger partial charge is 0.340 e. The summed E-state index contributed by atoms with van der Waals surface area (Å²) in [5.41, 5.74) is 7.05. The second-order valence-corrected chi connectivity index (χ2v) is 5.50. The number of halogens is 6. The summed E-state index contributed by atoms with van der Waals surface area (Å²) in [6.45, 7) is -1.49. The number of hydrogen-bond donors (Lipinski definition) is 2. The molecule has 1 amide bonds. The summed E-state index contributed by atoms with van der Waals surface area (Å²) in [4.78, 5) is 15.7. The van der Waals surface area contributed by atoms with Crippen LogP contribution in [0.4, 0.5) is 23.2 Å². The van der Waals surface area contributed by atoms with E-state index in [1.54, 1.807) is 12.1 Å². The lowest BCUT2D eigenvalue weighted by atomic mass is 10.0. The summed E-state index contributed by atoms with van der Waals surface area (Å²) in [6.07, 6.45) is -2.63. The second kappa shape index (κ2) is 11.7. The summed E-state index contributed by atoms with van der Waals surface area (Å²) < 4.78 is 54.2. The lowest BCUT2D eigenvalue weighted by Gasteiger charge is -2.15. The Hall–Kier alpha value is -2.10. The maximum absolute atomic E-state index is 12.8. The van der Waals surface area contributed by atoms with Crippen LogP contribution < -0.4 is 15.8 Å². The number of nitrogens with one attached hydrogen (secondary N) is 1. The van der Waals surface area contributed by atoms with Crippen LogP contribution in [0.1, 0.15) is 18.0 Å². The van der Waals surface area contributed by atoms with Crippen molar-refractivity contribution in [2.24, 2.45) is 5.73 Å². The first-order valence-electron chi connectivity index (χ1n) is 7.63. The van der Waals surface area contributed by atoms with Crippen molar-refractivity contribution < 1.29 is 27.1 Å². The Labute approximate surface area is 171 Å². The molecule has 1 aromatic carbocycles. The van der Waals surface area contributed by atoms with Gasteiger partial charge in [0.1, 0.15) is 0 Å². The van der Waals surface area contributed by atoms with E-state index < -0.39 is 25.0 Å². The first-order chi connectivity index (χ1) is 12.3. The predicted molar refractivity (Wildman–Crippen MR) is 102 cm³/mol. The molecule has 1 atom stereocenters. The summed E-state index contributed by atoms with van der Waals surface area (Å²) in [6, 6.07) is 11.1. The average molecular weight is 444 g/mol. The molecule has 0 aliphatic rings. The van der Waals surface area contributed by atoms with Crippen molar-refractivity contribution in [3.8, 4) is 5.88 Å². The maximum atomic E-state index is 12.8. The van der Waals surface area contributed by atoms with E-state index in [1.807, 2.05) is 18.2 Å². The second-order valence-electron chi connectivity index (χ2n) is 5.50. The van der Waals surface area contributed by atoms with Gasteiger partial charge in [0, 0.05) is 18.5 Å². The molecule has 28 heavy (non-hydrogen) atoms. The van der Waals surface area contributed by atoms with Crippen molar-refractivity contribution in [2.45, 2.75) is 24.8 Å². The molecule has 5 nitrogen and oxygen atoms in total. The fourth-order valence-corrected chi connectivity index (χ4v) is 2.00. The molecule has 0 aliphatic carbocycles. The zero-order valence-corrected chi connectivity index (χ0v) is 16.0. The number of pyridine rings is 1. The van der Waals surface area contributed by atoms with E-state index >= 15 is 0 Å². The highest BCUT2D eigenvalue weighted by molar-refractivity contribution is 5.91. The van der Waals surface area contributed by atoms with Gasteiger partial charge in [0.25, 0.3) is 0 Å². The van der Waals surface area contributed by atoms with Gasteiger partial charge in [-0.3, -0.25) is 4.79 Å². The topological polar surface area (TPSA) is 77.2 Å². The fourth-order valence-electron chi connectivity index (χ4n) is 2.00. The van der Waals surface area contributed by atoms with Gasteiger partial charge in [-0.25, -0.2) is 13.8 Å². The number of carbonyl (C=O) groups is 1. The SMILES string of the molecule is Cl.Cl.NC(CC(=O)Nc1ccc(OCC(F)(F)C(F)F)nc1)c1ccccc1. The molecule has 1 heterocycles. The molecule has 0 saturated heterocycles. The number of amides is 1. The lowest BCUT2D eigenvalue weighted by molar-refractivity contribution is -0.148. The van der Waals surface area contributed by atoms with Crippen LogP contribution in [0, 0.1) is 0 Å². The van der Waals surface area contributed by atoms with Crippen molar-refractivity contribution in [3.63, 3.8) is 0 Å². The van der Waals surface area contributed by atoms with Crippen LogP contribution in [0.5, 0.6) is 5.88 Å². The molecule has 0 fully saturated rings. The van der Waals surface area contributed by atoms with Crippen LogP contribution in [0.25, 0.3) is 0 Å². The number of alkyl halides is 4. The normalized spacial score (nSPS) is 11.8. The van der Waals surface area contributed by atoms with Crippen LogP contribution in [-0.4, -0.2) is 29.8 Å². The lowest BCUT2D eigenvalue weighted by Crippen LogP contribution is -2.33. The number of hydrogen-bond acceptors (Lipinski definition) is 4. The Morgan fingerprint density at radius 2 is 1.79 bits per heavy atom. The highest BCUT2D eigenvalue weighted by atomic mass is 35.5. The van der Waals surface area contributed by atoms with Gasteiger partial charge >= 0.3 is 12.3 Å². The van der Waals surface area contributed by atoms with E-state index in [1.165, 1.54) is 18.3 Å². The summed E-state index contributed by atoms with van der Waals surface area (Å²) in [5.74, 6) is -4.88. The number of anilines is 1. The highest BCUT2D eigenvalue weighted by Gasteiger charge is 2.41. The van der Waals surface area contributed by atoms with Crippen molar-refractivity contribution in [2.75, 3.05) is 11.9 Å². The van der Waals surface area contributed by atoms with Crippen LogP contribution in [0.2, 0.25) is 0 Å². The molecule has 2 rings (SSSR count). The van der Waals surface area contributed by atoms with Gasteiger partial charge < -0.3 is 15.8 Å². The quantitative estimate of drug-likeness (QED) is 0.598. The molecule has 1 aromatic heterocycles. The first kappa shape index (κ1) is 25.9. The molecule has 0 bridgehead atoms. The Bertz CT molecular complexity index is 722. The Morgan fingerprint density at radius 3 is 2.32 bits per heavy atom. The predicted octanol–water partition coefficient (Wildman–Crippen LogP) is 4.23. The minimum absolute atomic E-state index is 0. The summed E-state index contributed by atoms with van der Waals surface area (Å²) >= 11 is 0. The maximum Gasteiger partial charge on any atom is 0.340 e. The highest BCUT2D eigenvalue weighted by Crippen LogP contribution is 2.24. The molecule has 0 aliphatic heterocycles. The molecule has 0 spiro atoms. The van der Waals surface area contributed by atoms with Gasteiger partial charge in [0.15, 0.2) is 6.61 Å². The number of aromatic nitrogens is 1. The largest absolute Gasteiger partial charge is 0.471 e. The third kappa shape index (κ3) is 7.87. The molecular weight excluding hydrogens is 425 g/mol. The number of nitrogens with two attached hydrogens (primary N) is 1. The van der Waals surface area contributed by atoms with Crippen LogP contribution in [0.3, 0.4) is 0 Å². The Morgan fingerprint density at radius 1 is 1.14 bits per heavy atom. The Kier molecular flexibility index (Phi) is 10.8. The van der Waals surface area contributed by atoms with Crippen LogP contribution in [-0.2, 0) is 4.79 Å². The van der Waals surface area contributed by atoms with Gasteiger partial charge in [-0.05, 0) is 11.6 Å². The van der Waals surface area contributed by atoms with Gasteiger partial charge in [0.05, 0.1) is 11.9 Å².